The van der Waals surface area contributed by atoms with Crippen LogP contribution in [0.2, 0.25) is 0 Å². The van der Waals surface area contributed by atoms with Crippen molar-refractivity contribution in [2.75, 3.05) is 13.2 Å². The monoisotopic (exact) mass is 1150 g/mol. The Morgan fingerprint density at radius 1 is 0.253 bits per heavy atom. The molecular formula is C77H130O6. The van der Waals surface area contributed by atoms with Gasteiger partial charge in [0.05, 0.1) is 0 Å². The molecule has 1 atom stereocenters. The summed E-state index contributed by atoms with van der Waals surface area (Å²) >= 11 is 0. The smallest absolute Gasteiger partial charge is 0.306 e. The fourth-order valence-corrected chi connectivity index (χ4v) is 9.73. The Bertz CT molecular complexity index is 1700. The quantitative estimate of drug-likeness (QED) is 0.0261. The predicted octanol–water partition coefficient (Wildman–Crippen LogP) is 24.3. The molecule has 83 heavy (non-hydrogen) atoms. The molecule has 0 aliphatic heterocycles. The van der Waals surface area contributed by atoms with Crippen LogP contribution >= 0.6 is 0 Å². The molecule has 0 aromatic carbocycles. The summed E-state index contributed by atoms with van der Waals surface area (Å²) in [6.45, 7) is 6.53. The summed E-state index contributed by atoms with van der Waals surface area (Å²) in [5.74, 6) is -0.887. The number of carbonyl (C=O) groups excluding carboxylic acids is 3. The maximum atomic E-state index is 12.9. The highest BCUT2D eigenvalue weighted by molar-refractivity contribution is 5.71. The average Bonchev–Trinajstić information content (AvgIpc) is 3.49. The molecule has 0 aliphatic carbocycles. The Kier molecular flexibility index (Phi) is 66.7. The van der Waals surface area contributed by atoms with Crippen molar-refractivity contribution in [1.29, 1.82) is 0 Å². The van der Waals surface area contributed by atoms with Crippen LogP contribution in [-0.2, 0) is 28.6 Å². The van der Waals surface area contributed by atoms with Crippen LogP contribution in [0.4, 0.5) is 0 Å². The summed E-state index contributed by atoms with van der Waals surface area (Å²) in [6.07, 6.45) is 97.8. The van der Waals surface area contributed by atoms with Gasteiger partial charge in [-0.25, -0.2) is 0 Å². The molecule has 0 bridgehead atoms. The summed E-state index contributed by atoms with van der Waals surface area (Å²) in [7, 11) is 0. The fourth-order valence-electron chi connectivity index (χ4n) is 9.73. The third kappa shape index (κ3) is 68.5. The van der Waals surface area contributed by atoms with Crippen LogP contribution in [-0.4, -0.2) is 37.2 Å². The molecule has 0 amide bonds. The second kappa shape index (κ2) is 70.3. The molecule has 0 heterocycles. The first-order chi connectivity index (χ1) is 41.0. The van der Waals surface area contributed by atoms with Crippen LogP contribution in [0.5, 0.6) is 0 Å². The van der Waals surface area contributed by atoms with Gasteiger partial charge in [-0.1, -0.05) is 316 Å². The molecule has 0 rings (SSSR count). The van der Waals surface area contributed by atoms with Crippen LogP contribution in [0.25, 0.3) is 0 Å². The van der Waals surface area contributed by atoms with Crippen molar-refractivity contribution in [3.05, 3.63) is 122 Å². The van der Waals surface area contributed by atoms with Crippen LogP contribution < -0.4 is 0 Å². The molecule has 0 N–H and O–H groups in total. The van der Waals surface area contributed by atoms with E-state index in [0.29, 0.717) is 19.3 Å². The van der Waals surface area contributed by atoms with Crippen LogP contribution in [0, 0.1) is 0 Å². The Labute approximate surface area is 513 Å². The number of hydrogen-bond acceptors (Lipinski definition) is 6. The van der Waals surface area contributed by atoms with Crippen molar-refractivity contribution < 1.29 is 28.6 Å². The molecule has 0 fully saturated rings. The number of unbranched alkanes of at least 4 members (excludes halogenated alkanes) is 32. The molecule has 0 aromatic heterocycles. The van der Waals surface area contributed by atoms with Gasteiger partial charge in [-0.2, -0.15) is 0 Å². The van der Waals surface area contributed by atoms with Gasteiger partial charge in [0.2, 0.25) is 0 Å². The second-order valence-electron chi connectivity index (χ2n) is 23.1. The molecule has 6 heteroatoms. The van der Waals surface area contributed by atoms with Crippen molar-refractivity contribution in [2.45, 2.75) is 335 Å². The predicted molar refractivity (Wildman–Crippen MR) is 362 cm³/mol. The first-order valence-electron chi connectivity index (χ1n) is 35.0. The van der Waals surface area contributed by atoms with Gasteiger partial charge in [-0.05, 0) is 116 Å². The van der Waals surface area contributed by atoms with Gasteiger partial charge < -0.3 is 14.2 Å². The van der Waals surface area contributed by atoms with Crippen molar-refractivity contribution >= 4 is 17.9 Å². The van der Waals surface area contributed by atoms with Gasteiger partial charge in [0.1, 0.15) is 13.2 Å². The molecule has 0 aromatic rings. The molecule has 0 radical (unpaired) electrons. The van der Waals surface area contributed by atoms with Gasteiger partial charge in [-0.15, -0.1) is 0 Å². The third-order valence-corrected chi connectivity index (χ3v) is 15.0. The Hall–Kier alpha value is -4.19. The summed E-state index contributed by atoms with van der Waals surface area (Å²) in [6, 6.07) is 0. The van der Waals surface area contributed by atoms with E-state index in [-0.39, 0.29) is 31.1 Å². The topological polar surface area (TPSA) is 78.9 Å². The minimum Gasteiger partial charge on any atom is -0.462 e. The second-order valence-corrected chi connectivity index (χ2v) is 23.1. The lowest BCUT2D eigenvalue weighted by molar-refractivity contribution is -0.167. The van der Waals surface area contributed by atoms with Crippen LogP contribution in [0.15, 0.2) is 122 Å². The number of rotatable bonds is 63. The summed E-state index contributed by atoms with van der Waals surface area (Å²) in [5, 5.41) is 0. The molecule has 0 spiro atoms. The van der Waals surface area contributed by atoms with E-state index in [2.05, 4.69) is 142 Å². The number of hydrogen-bond donors (Lipinski definition) is 0. The number of carbonyl (C=O) groups is 3. The third-order valence-electron chi connectivity index (χ3n) is 15.0. The van der Waals surface area contributed by atoms with E-state index >= 15 is 0 Å². The minimum atomic E-state index is -0.788. The van der Waals surface area contributed by atoms with Crippen molar-refractivity contribution in [3.8, 4) is 0 Å². The lowest BCUT2D eigenvalue weighted by Crippen LogP contribution is -2.30. The summed E-state index contributed by atoms with van der Waals surface area (Å²) < 4.78 is 17.0. The summed E-state index contributed by atoms with van der Waals surface area (Å²) in [5.41, 5.74) is 0. The van der Waals surface area contributed by atoms with E-state index in [4.69, 9.17) is 14.2 Å². The van der Waals surface area contributed by atoms with Crippen molar-refractivity contribution in [3.63, 3.8) is 0 Å². The highest BCUT2D eigenvalue weighted by Gasteiger charge is 2.19. The highest BCUT2D eigenvalue weighted by atomic mass is 16.6. The van der Waals surface area contributed by atoms with Gasteiger partial charge in [0.25, 0.3) is 0 Å². The standard InChI is InChI=1S/C77H130O6/c1-4-7-10-13-16-19-22-25-28-30-32-33-34-35-36-37-38-39-40-41-42-43-44-45-46-48-49-52-55-58-61-64-67-70-76(79)82-73-74(72-81-75(78)69-66-63-60-57-54-51-27-24-21-18-15-12-9-6-3)83-77(80)71-68-65-62-59-56-53-50-47-31-29-26-23-20-17-14-11-8-5-2/h7,10,16,19-20,23,25,28-29,31-33,35-36,38-39,41-42,44-45,74H,4-6,8-9,11-15,17-18,21-22,24,26-27,30,34,37,40,43,46-73H2,1-3H3/b10-7-,19-16-,23-20-,28-25-,31-29-,33-32-,36-35-,39-38-,42-41-,45-44-. The minimum absolute atomic E-state index is 0.0819. The first-order valence-corrected chi connectivity index (χ1v) is 35.0. The number of ether oxygens (including phenoxy) is 3. The van der Waals surface area contributed by atoms with E-state index in [1.54, 1.807) is 0 Å². The van der Waals surface area contributed by atoms with Gasteiger partial charge in [0, 0.05) is 19.3 Å². The normalized spacial score (nSPS) is 12.9. The lowest BCUT2D eigenvalue weighted by atomic mass is 10.0. The zero-order chi connectivity index (χ0) is 59.9. The molecule has 1 unspecified atom stereocenters. The molecule has 6 nitrogen and oxygen atoms in total. The van der Waals surface area contributed by atoms with Crippen LogP contribution in [0.1, 0.15) is 329 Å². The molecule has 0 saturated heterocycles. The van der Waals surface area contributed by atoms with Gasteiger partial charge in [0.15, 0.2) is 6.10 Å². The van der Waals surface area contributed by atoms with E-state index in [0.717, 1.165) is 128 Å². The van der Waals surface area contributed by atoms with Crippen molar-refractivity contribution in [1.82, 2.24) is 0 Å². The largest absolute Gasteiger partial charge is 0.462 e. The maximum absolute atomic E-state index is 12.9. The molecule has 0 aliphatic rings. The fraction of sp³-hybridized carbons (Fsp3) is 0.701. The van der Waals surface area contributed by atoms with Gasteiger partial charge in [-0.3, -0.25) is 14.4 Å². The lowest BCUT2D eigenvalue weighted by Gasteiger charge is -2.18. The highest BCUT2D eigenvalue weighted by Crippen LogP contribution is 2.16. The zero-order valence-electron chi connectivity index (χ0n) is 54.4. The molecular weight excluding hydrogens is 1020 g/mol. The Morgan fingerprint density at radius 2 is 0.470 bits per heavy atom. The Balaban J connectivity index is 4.30. The van der Waals surface area contributed by atoms with Crippen LogP contribution in [0.3, 0.4) is 0 Å². The zero-order valence-corrected chi connectivity index (χ0v) is 54.4. The van der Waals surface area contributed by atoms with E-state index in [1.165, 1.54) is 161 Å². The Morgan fingerprint density at radius 3 is 0.747 bits per heavy atom. The van der Waals surface area contributed by atoms with Crippen molar-refractivity contribution in [2.24, 2.45) is 0 Å². The SMILES string of the molecule is CC/C=C\C/C=C\C/C=C\C/C=C\C/C=C\C/C=C\C/C=C\C/C=C\CCCCCCCCCCC(=O)OCC(COC(=O)CCCCCCCCCCCCCCCC)OC(=O)CCCCCCCCC/C=C\C/C=C\CCCCCC. The molecule has 0 saturated carbocycles. The summed E-state index contributed by atoms with van der Waals surface area (Å²) in [4.78, 5) is 38.4. The van der Waals surface area contributed by atoms with Gasteiger partial charge >= 0.3 is 17.9 Å². The number of allylic oxidation sites excluding steroid dienone is 20. The first kappa shape index (κ1) is 78.8. The van der Waals surface area contributed by atoms with E-state index in [1.807, 2.05) is 0 Å². The number of esters is 3. The van der Waals surface area contributed by atoms with E-state index < -0.39 is 6.10 Å². The van der Waals surface area contributed by atoms with E-state index in [9.17, 15) is 14.4 Å². The maximum Gasteiger partial charge on any atom is 0.306 e. The average molecular weight is 1150 g/mol. The molecule has 474 valence electrons.